The summed E-state index contributed by atoms with van der Waals surface area (Å²) in [6.45, 7) is 4.46. The van der Waals surface area contributed by atoms with Crippen molar-refractivity contribution in [2.75, 3.05) is 13.6 Å². The van der Waals surface area contributed by atoms with Gasteiger partial charge in [-0.3, -0.25) is 9.59 Å². The van der Waals surface area contributed by atoms with E-state index in [9.17, 15) is 9.59 Å². The Balaban J connectivity index is 3.76. The van der Waals surface area contributed by atoms with Crippen LogP contribution in [0.15, 0.2) is 0 Å². The highest BCUT2D eigenvalue weighted by Crippen LogP contribution is 2.14. The Morgan fingerprint density at radius 1 is 1.29 bits per heavy atom. The van der Waals surface area contributed by atoms with Gasteiger partial charge in [0, 0.05) is 13.0 Å². The molecule has 0 aromatic rings. The lowest BCUT2D eigenvalue weighted by atomic mass is 9.96. The highest BCUT2D eigenvalue weighted by molar-refractivity contribution is 5.81. The van der Waals surface area contributed by atoms with Gasteiger partial charge in [-0.2, -0.15) is 0 Å². The molecule has 0 fully saturated rings. The van der Waals surface area contributed by atoms with Crippen LogP contribution in [0, 0.1) is 5.92 Å². The molecule has 0 saturated heterocycles. The average molecular weight is 244 g/mol. The van der Waals surface area contributed by atoms with Gasteiger partial charge in [0.25, 0.3) is 0 Å². The van der Waals surface area contributed by atoms with Crippen LogP contribution in [-0.2, 0) is 9.59 Å². The van der Waals surface area contributed by atoms with Gasteiger partial charge in [0.15, 0.2) is 0 Å². The zero-order valence-electron chi connectivity index (χ0n) is 11.0. The van der Waals surface area contributed by atoms with Crippen LogP contribution >= 0.6 is 0 Å². The molecule has 0 aromatic heterocycles. The molecule has 2 unspecified atom stereocenters. The standard InChI is InChI=1S/C12H24N2O3/c1-4-10(5-6-11(15)16)7-8-14-12(17)9(2)13-3/h9-10,13H,4-8H2,1-3H3,(H,14,17)(H,15,16). The van der Waals surface area contributed by atoms with Crippen LogP contribution in [0.5, 0.6) is 0 Å². The average Bonchev–Trinajstić information content (AvgIpc) is 2.31. The van der Waals surface area contributed by atoms with Gasteiger partial charge in [-0.05, 0) is 32.7 Å². The molecule has 0 aromatic carbocycles. The number of carboxylic acids is 1. The Hall–Kier alpha value is -1.10. The molecule has 0 heterocycles. The summed E-state index contributed by atoms with van der Waals surface area (Å²) < 4.78 is 0. The number of rotatable bonds is 9. The number of carboxylic acid groups (broad SMARTS) is 1. The zero-order chi connectivity index (χ0) is 13.3. The summed E-state index contributed by atoms with van der Waals surface area (Å²) in [4.78, 5) is 21.9. The largest absolute Gasteiger partial charge is 0.481 e. The van der Waals surface area contributed by atoms with Gasteiger partial charge in [-0.25, -0.2) is 0 Å². The first-order chi connectivity index (χ1) is 8.01. The first-order valence-corrected chi connectivity index (χ1v) is 6.18. The number of hydrogen-bond acceptors (Lipinski definition) is 3. The molecule has 17 heavy (non-hydrogen) atoms. The SMILES string of the molecule is CCC(CCNC(=O)C(C)NC)CCC(=O)O. The van der Waals surface area contributed by atoms with E-state index in [2.05, 4.69) is 10.6 Å². The minimum Gasteiger partial charge on any atom is -0.481 e. The van der Waals surface area contributed by atoms with Crippen LogP contribution in [0.25, 0.3) is 0 Å². The summed E-state index contributed by atoms with van der Waals surface area (Å²) in [5, 5.41) is 14.3. The fraction of sp³-hybridized carbons (Fsp3) is 0.833. The zero-order valence-corrected chi connectivity index (χ0v) is 11.0. The van der Waals surface area contributed by atoms with Crippen molar-refractivity contribution in [3.05, 3.63) is 0 Å². The normalized spacial score (nSPS) is 14.1. The number of aliphatic carboxylic acids is 1. The van der Waals surface area contributed by atoms with Crippen LogP contribution in [0.4, 0.5) is 0 Å². The number of likely N-dealkylation sites (N-methyl/N-ethyl adjacent to an activating group) is 1. The summed E-state index contributed by atoms with van der Waals surface area (Å²) >= 11 is 0. The first kappa shape index (κ1) is 15.9. The van der Waals surface area contributed by atoms with Crippen molar-refractivity contribution in [3.63, 3.8) is 0 Å². The van der Waals surface area contributed by atoms with Crippen molar-refractivity contribution in [1.29, 1.82) is 0 Å². The maximum Gasteiger partial charge on any atom is 0.303 e. The van der Waals surface area contributed by atoms with E-state index in [0.717, 1.165) is 12.8 Å². The predicted octanol–water partition coefficient (Wildman–Crippen LogP) is 0.992. The molecule has 0 aliphatic rings. The Kier molecular flexibility index (Phi) is 8.40. The van der Waals surface area contributed by atoms with Crippen LogP contribution in [0.2, 0.25) is 0 Å². The van der Waals surface area contributed by atoms with Gasteiger partial charge in [0.2, 0.25) is 5.91 Å². The van der Waals surface area contributed by atoms with Gasteiger partial charge in [0.05, 0.1) is 6.04 Å². The van der Waals surface area contributed by atoms with Crippen LogP contribution in [0.3, 0.4) is 0 Å². The number of carbonyl (C=O) groups excluding carboxylic acids is 1. The second-order valence-corrected chi connectivity index (χ2v) is 4.30. The van der Waals surface area contributed by atoms with Crippen LogP contribution in [0.1, 0.15) is 39.5 Å². The summed E-state index contributed by atoms with van der Waals surface area (Å²) in [5.41, 5.74) is 0. The summed E-state index contributed by atoms with van der Waals surface area (Å²) in [6, 6.07) is -0.186. The molecule has 0 aliphatic carbocycles. The van der Waals surface area contributed by atoms with Gasteiger partial charge in [-0.1, -0.05) is 13.3 Å². The third-order valence-electron chi connectivity index (χ3n) is 3.02. The van der Waals surface area contributed by atoms with Crippen molar-refractivity contribution in [2.24, 2.45) is 5.92 Å². The molecular weight excluding hydrogens is 220 g/mol. The van der Waals surface area contributed by atoms with E-state index in [-0.39, 0.29) is 18.4 Å². The minimum atomic E-state index is -0.753. The van der Waals surface area contributed by atoms with Crippen molar-refractivity contribution in [2.45, 2.75) is 45.6 Å². The van der Waals surface area contributed by atoms with E-state index in [1.807, 2.05) is 6.92 Å². The number of amides is 1. The second-order valence-electron chi connectivity index (χ2n) is 4.30. The van der Waals surface area contributed by atoms with E-state index in [4.69, 9.17) is 5.11 Å². The van der Waals surface area contributed by atoms with E-state index in [1.165, 1.54) is 0 Å². The Morgan fingerprint density at radius 2 is 1.94 bits per heavy atom. The highest BCUT2D eigenvalue weighted by atomic mass is 16.4. The smallest absolute Gasteiger partial charge is 0.303 e. The van der Waals surface area contributed by atoms with Gasteiger partial charge in [0.1, 0.15) is 0 Å². The van der Waals surface area contributed by atoms with Crippen molar-refractivity contribution >= 4 is 11.9 Å². The molecule has 0 radical (unpaired) electrons. The number of nitrogens with one attached hydrogen (secondary N) is 2. The molecule has 0 rings (SSSR count). The molecule has 0 spiro atoms. The predicted molar refractivity (Wildman–Crippen MR) is 66.8 cm³/mol. The third-order valence-corrected chi connectivity index (χ3v) is 3.02. The molecule has 1 amide bonds. The quantitative estimate of drug-likeness (QED) is 0.565. The van der Waals surface area contributed by atoms with Gasteiger partial charge in [-0.15, -0.1) is 0 Å². The molecule has 5 heteroatoms. The van der Waals surface area contributed by atoms with Crippen LogP contribution < -0.4 is 10.6 Å². The van der Waals surface area contributed by atoms with Gasteiger partial charge >= 0.3 is 5.97 Å². The topological polar surface area (TPSA) is 78.4 Å². The third kappa shape index (κ3) is 7.74. The molecule has 5 nitrogen and oxygen atoms in total. The molecule has 100 valence electrons. The first-order valence-electron chi connectivity index (χ1n) is 6.18. The molecular formula is C12H24N2O3. The van der Waals surface area contributed by atoms with E-state index < -0.39 is 5.97 Å². The molecule has 0 saturated carbocycles. The lowest BCUT2D eigenvalue weighted by Gasteiger charge is -2.15. The Bertz CT molecular complexity index is 244. The fourth-order valence-electron chi connectivity index (χ4n) is 1.56. The fourth-order valence-corrected chi connectivity index (χ4v) is 1.56. The monoisotopic (exact) mass is 244 g/mol. The lowest BCUT2D eigenvalue weighted by molar-refractivity contribution is -0.137. The number of hydrogen-bond donors (Lipinski definition) is 3. The van der Waals surface area contributed by atoms with Crippen LogP contribution in [-0.4, -0.2) is 36.6 Å². The highest BCUT2D eigenvalue weighted by Gasteiger charge is 2.12. The minimum absolute atomic E-state index is 0.0133. The second kappa shape index (κ2) is 8.98. The maximum atomic E-state index is 11.4. The summed E-state index contributed by atoms with van der Waals surface area (Å²) in [5.74, 6) is -0.395. The number of carbonyl (C=O) groups is 2. The Morgan fingerprint density at radius 3 is 2.41 bits per heavy atom. The summed E-state index contributed by atoms with van der Waals surface area (Å²) in [7, 11) is 1.74. The molecule has 0 aliphatic heterocycles. The molecule has 2 atom stereocenters. The summed E-state index contributed by atoms with van der Waals surface area (Å²) in [6.07, 6.45) is 2.68. The van der Waals surface area contributed by atoms with Gasteiger partial charge < -0.3 is 15.7 Å². The molecule has 3 N–H and O–H groups in total. The lowest BCUT2D eigenvalue weighted by Crippen LogP contribution is -2.41. The van der Waals surface area contributed by atoms with Crippen molar-refractivity contribution < 1.29 is 14.7 Å². The molecule has 0 bridgehead atoms. The van der Waals surface area contributed by atoms with E-state index in [1.54, 1.807) is 14.0 Å². The van der Waals surface area contributed by atoms with E-state index >= 15 is 0 Å². The van der Waals surface area contributed by atoms with Crippen molar-refractivity contribution in [1.82, 2.24) is 10.6 Å². The maximum absolute atomic E-state index is 11.4. The Labute approximate surface area is 103 Å². The van der Waals surface area contributed by atoms with Crippen molar-refractivity contribution in [3.8, 4) is 0 Å². The van der Waals surface area contributed by atoms with E-state index in [0.29, 0.717) is 18.9 Å².